The first-order valence-electron chi connectivity index (χ1n) is 6.70. The number of carbonyl (C=O) groups excluding carboxylic acids is 1. The summed E-state index contributed by atoms with van der Waals surface area (Å²) in [7, 11) is 0. The quantitative estimate of drug-likeness (QED) is 0.782. The highest BCUT2D eigenvalue weighted by molar-refractivity contribution is 7.80. The van der Waals surface area contributed by atoms with Crippen LogP contribution in [-0.4, -0.2) is 16.9 Å². The van der Waals surface area contributed by atoms with Crippen LogP contribution in [0.3, 0.4) is 0 Å². The Balaban J connectivity index is 1.82. The van der Waals surface area contributed by atoms with Gasteiger partial charge >= 0.3 is 0 Å². The fraction of sp³-hybridized carbons (Fsp3) is 0.467. The molecule has 0 spiro atoms. The number of hydrogen-bond acceptors (Lipinski definition) is 2. The van der Waals surface area contributed by atoms with Gasteiger partial charge in [-0.25, -0.2) is 0 Å². The number of thiocarbonyl (C=S) groups is 1. The van der Waals surface area contributed by atoms with E-state index in [1.54, 1.807) is 0 Å². The van der Waals surface area contributed by atoms with Crippen molar-refractivity contribution in [2.75, 3.05) is 0 Å². The van der Waals surface area contributed by atoms with Crippen LogP contribution in [0.1, 0.15) is 30.4 Å². The number of hydrogen-bond donors (Lipinski definition) is 2. The fourth-order valence-electron chi connectivity index (χ4n) is 2.22. The van der Waals surface area contributed by atoms with Gasteiger partial charge in [0.2, 0.25) is 5.91 Å². The lowest BCUT2D eigenvalue weighted by Gasteiger charge is -2.16. The second-order valence-corrected chi connectivity index (χ2v) is 5.75. The van der Waals surface area contributed by atoms with Gasteiger partial charge in [0.1, 0.15) is 0 Å². The third-order valence-corrected chi connectivity index (χ3v) is 3.69. The molecule has 19 heavy (non-hydrogen) atoms. The summed E-state index contributed by atoms with van der Waals surface area (Å²) in [6, 6.07) is 8.12. The highest BCUT2D eigenvalue weighted by atomic mass is 32.1. The SMILES string of the molecule is Cc1cccc(CCC(=O)NC(C(N)=S)C2CC2)c1. The smallest absolute Gasteiger partial charge is 0.220 e. The van der Waals surface area contributed by atoms with Crippen LogP contribution in [0.5, 0.6) is 0 Å². The van der Waals surface area contributed by atoms with E-state index in [9.17, 15) is 4.79 Å². The second-order valence-electron chi connectivity index (χ2n) is 5.27. The van der Waals surface area contributed by atoms with Crippen molar-refractivity contribution < 1.29 is 4.79 Å². The van der Waals surface area contributed by atoms with Gasteiger partial charge in [0.25, 0.3) is 0 Å². The number of rotatable bonds is 6. The van der Waals surface area contributed by atoms with E-state index < -0.39 is 0 Å². The zero-order valence-corrected chi connectivity index (χ0v) is 12.0. The van der Waals surface area contributed by atoms with Gasteiger partial charge in [-0.2, -0.15) is 0 Å². The zero-order valence-electron chi connectivity index (χ0n) is 11.2. The summed E-state index contributed by atoms with van der Waals surface area (Å²) in [6.07, 6.45) is 3.46. The molecule has 0 aromatic heterocycles. The van der Waals surface area contributed by atoms with E-state index in [4.69, 9.17) is 18.0 Å². The molecule has 0 aliphatic heterocycles. The molecule has 1 aromatic rings. The monoisotopic (exact) mass is 276 g/mol. The average molecular weight is 276 g/mol. The summed E-state index contributed by atoms with van der Waals surface area (Å²) in [5.74, 6) is 0.492. The molecule has 0 heterocycles. The molecule has 1 atom stereocenters. The van der Waals surface area contributed by atoms with Crippen LogP contribution in [0.4, 0.5) is 0 Å². The Kier molecular flexibility index (Phi) is 4.53. The molecular formula is C15H20N2OS. The maximum atomic E-state index is 11.9. The molecule has 102 valence electrons. The minimum absolute atomic E-state index is 0.0335. The molecule has 3 nitrogen and oxygen atoms in total. The minimum atomic E-state index is -0.111. The molecule has 0 bridgehead atoms. The van der Waals surface area contributed by atoms with Crippen molar-refractivity contribution in [1.29, 1.82) is 0 Å². The van der Waals surface area contributed by atoms with E-state index in [-0.39, 0.29) is 11.9 Å². The predicted octanol–water partition coefficient (Wildman–Crippen LogP) is 2.11. The Morgan fingerprint density at radius 1 is 1.53 bits per heavy atom. The van der Waals surface area contributed by atoms with Crippen LogP contribution in [-0.2, 0) is 11.2 Å². The Hall–Kier alpha value is -1.42. The van der Waals surface area contributed by atoms with Crippen molar-refractivity contribution in [3.8, 4) is 0 Å². The molecule has 0 saturated heterocycles. The molecule has 1 amide bonds. The minimum Gasteiger partial charge on any atom is -0.392 e. The van der Waals surface area contributed by atoms with Crippen LogP contribution in [0.25, 0.3) is 0 Å². The molecule has 1 fully saturated rings. The van der Waals surface area contributed by atoms with Gasteiger partial charge in [0.15, 0.2) is 0 Å². The molecule has 1 aliphatic rings. The van der Waals surface area contributed by atoms with Gasteiger partial charge in [0, 0.05) is 6.42 Å². The summed E-state index contributed by atoms with van der Waals surface area (Å²) < 4.78 is 0. The van der Waals surface area contributed by atoms with Crippen molar-refractivity contribution in [2.45, 2.75) is 38.6 Å². The molecule has 1 aromatic carbocycles. The number of amides is 1. The Bertz CT molecular complexity index is 483. The van der Waals surface area contributed by atoms with Crippen molar-refractivity contribution in [3.05, 3.63) is 35.4 Å². The molecule has 1 unspecified atom stereocenters. The van der Waals surface area contributed by atoms with Crippen LogP contribution in [0.2, 0.25) is 0 Å². The maximum absolute atomic E-state index is 11.9. The second kappa shape index (κ2) is 6.15. The van der Waals surface area contributed by atoms with Gasteiger partial charge in [0.05, 0.1) is 11.0 Å². The van der Waals surface area contributed by atoms with E-state index in [2.05, 4.69) is 24.4 Å². The lowest BCUT2D eigenvalue weighted by Crippen LogP contribution is -2.45. The summed E-state index contributed by atoms with van der Waals surface area (Å²) >= 11 is 5.01. The number of aryl methyl sites for hydroxylation is 2. The van der Waals surface area contributed by atoms with Crippen molar-refractivity contribution in [2.24, 2.45) is 11.7 Å². The third kappa shape index (κ3) is 4.31. The molecule has 3 N–H and O–H groups in total. The lowest BCUT2D eigenvalue weighted by atomic mass is 10.1. The third-order valence-electron chi connectivity index (χ3n) is 3.44. The Labute approximate surface area is 119 Å². The maximum Gasteiger partial charge on any atom is 0.220 e. The van der Waals surface area contributed by atoms with E-state index in [1.165, 1.54) is 11.1 Å². The van der Waals surface area contributed by atoms with Crippen molar-refractivity contribution >= 4 is 23.1 Å². The highest BCUT2D eigenvalue weighted by Crippen LogP contribution is 2.32. The van der Waals surface area contributed by atoms with Crippen LogP contribution < -0.4 is 11.1 Å². The van der Waals surface area contributed by atoms with Crippen LogP contribution >= 0.6 is 12.2 Å². The van der Waals surface area contributed by atoms with Gasteiger partial charge in [-0.1, -0.05) is 42.0 Å². The van der Waals surface area contributed by atoms with Gasteiger partial charge in [-0.15, -0.1) is 0 Å². The van der Waals surface area contributed by atoms with E-state index in [0.717, 1.165) is 19.3 Å². The fourth-order valence-corrected chi connectivity index (χ4v) is 2.47. The predicted molar refractivity (Wildman–Crippen MR) is 80.9 cm³/mol. The largest absolute Gasteiger partial charge is 0.392 e. The van der Waals surface area contributed by atoms with E-state index in [1.807, 2.05) is 12.1 Å². The first kappa shape index (κ1) is 14.0. The van der Waals surface area contributed by atoms with Crippen LogP contribution in [0.15, 0.2) is 24.3 Å². The molecule has 2 rings (SSSR count). The summed E-state index contributed by atoms with van der Waals surface area (Å²) in [5.41, 5.74) is 8.08. The molecular weight excluding hydrogens is 256 g/mol. The lowest BCUT2D eigenvalue weighted by molar-refractivity contribution is -0.121. The van der Waals surface area contributed by atoms with Gasteiger partial charge in [-0.3, -0.25) is 4.79 Å². The molecule has 0 radical (unpaired) electrons. The van der Waals surface area contributed by atoms with Gasteiger partial charge in [-0.05, 0) is 37.7 Å². The topological polar surface area (TPSA) is 55.1 Å². The molecule has 1 saturated carbocycles. The summed E-state index contributed by atoms with van der Waals surface area (Å²) in [4.78, 5) is 12.3. The Morgan fingerprint density at radius 3 is 2.84 bits per heavy atom. The number of nitrogens with two attached hydrogens (primary N) is 1. The van der Waals surface area contributed by atoms with Crippen molar-refractivity contribution in [3.63, 3.8) is 0 Å². The number of benzene rings is 1. The van der Waals surface area contributed by atoms with E-state index >= 15 is 0 Å². The standard InChI is InChI=1S/C15H20N2OS/c1-10-3-2-4-11(9-10)5-8-13(18)17-14(15(16)19)12-6-7-12/h2-4,9,12,14H,5-8H2,1H3,(H2,16,19)(H,17,18). The van der Waals surface area contributed by atoms with Gasteiger partial charge < -0.3 is 11.1 Å². The summed E-state index contributed by atoms with van der Waals surface area (Å²) in [5, 5.41) is 2.96. The summed E-state index contributed by atoms with van der Waals surface area (Å²) in [6.45, 7) is 2.06. The average Bonchev–Trinajstić information content (AvgIpc) is 3.17. The molecule has 4 heteroatoms. The van der Waals surface area contributed by atoms with E-state index in [0.29, 0.717) is 17.3 Å². The normalized spacial score (nSPS) is 15.8. The number of nitrogens with one attached hydrogen (secondary N) is 1. The van der Waals surface area contributed by atoms with Crippen LogP contribution in [0, 0.1) is 12.8 Å². The Morgan fingerprint density at radius 2 is 2.26 bits per heavy atom. The first-order valence-corrected chi connectivity index (χ1v) is 7.11. The number of carbonyl (C=O) groups is 1. The first-order chi connectivity index (χ1) is 9.06. The van der Waals surface area contributed by atoms with Crippen molar-refractivity contribution in [1.82, 2.24) is 5.32 Å². The zero-order chi connectivity index (χ0) is 13.8. The molecule has 1 aliphatic carbocycles. The highest BCUT2D eigenvalue weighted by Gasteiger charge is 2.33.